The summed E-state index contributed by atoms with van der Waals surface area (Å²) in [4.78, 5) is 0.350. The molecule has 0 radical (unpaired) electrons. The van der Waals surface area contributed by atoms with E-state index in [-0.39, 0.29) is 0 Å². The predicted molar refractivity (Wildman–Crippen MR) is 98.3 cm³/mol. The molecule has 22 heavy (non-hydrogen) atoms. The SMILES string of the molecule is NC(=S)c1c(OCc2ccc(Br)cc2)ccc2ccccc12. The maximum Gasteiger partial charge on any atom is 0.130 e. The Hall–Kier alpha value is -1.91. The van der Waals surface area contributed by atoms with Gasteiger partial charge in [0.1, 0.15) is 17.3 Å². The Labute approximate surface area is 143 Å². The van der Waals surface area contributed by atoms with E-state index in [9.17, 15) is 0 Å². The van der Waals surface area contributed by atoms with E-state index >= 15 is 0 Å². The summed E-state index contributed by atoms with van der Waals surface area (Å²) < 4.78 is 7.00. The van der Waals surface area contributed by atoms with E-state index in [2.05, 4.69) is 15.9 Å². The summed E-state index contributed by atoms with van der Waals surface area (Å²) in [7, 11) is 0. The molecule has 0 unspecified atom stereocenters. The van der Waals surface area contributed by atoms with Gasteiger partial charge in [-0.05, 0) is 34.5 Å². The smallest absolute Gasteiger partial charge is 0.130 e. The van der Waals surface area contributed by atoms with Crippen LogP contribution in [0.25, 0.3) is 10.8 Å². The number of hydrogen-bond donors (Lipinski definition) is 1. The van der Waals surface area contributed by atoms with Crippen LogP contribution in [0, 0.1) is 0 Å². The van der Waals surface area contributed by atoms with Crippen molar-refractivity contribution in [3.05, 3.63) is 76.3 Å². The van der Waals surface area contributed by atoms with Crippen LogP contribution >= 0.6 is 28.1 Å². The maximum absolute atomic E-state index is 5.95. The first-order valence-electron chi connectivity index (χ1n) is 6.84. The standard InChI is InChI=1S/C18H14BrNOS/c19-14-8-5-12(6-9-14)11-21-16-10-7-13-3-1-2-4-15(13)17(16)18(20)22/h1-10H,11H2,(H2,20,22). The second-order valence-corrected chi connectivity index (χ2v) is 6.29. The zero-order chi connectivity index (χ0) is 15.5. The summed E-state index contributed by atoms with van der Waals surface area (Å²) in [5.74, 6) is 0.717. The molecule has 0 atom stereocenters. The number of fused-ring (bicyclic) bond motifs is 1. The lowest BCUT2D eigenvalue weighted by atomic mass is 10.0. The van der Waals surface area contributed by atoms with E-state index in [1.54, 1.807) is 0 Å². The van der Waals surface area contributed by atoms with E-state index in [0.29, 0.717) is 17.3 Å². The Bertz CT molecular complexity index is 830. The number of thiocarbonyl (C=S) groups is 1. The molecule has 0 bridgehead atoms. The van der Waals surface area contributed by atoms with Gasteiger partial charge >= 0.3 is 0 Å². The lowest BCUT2D eigenvalue weighted by molar-refractivity contribution is 0.306. The van der Waals surface area contributed by atoms with Crippen LogP contribution in [0.15, 0.2) is 65.1 Å². The molecular formula is C18H14BrNOS. The van der Waals surface area contributed by atoms with Gasteiger partial charge in [0.25, 0.3) is 0 Å². The first-order chi connectivity index (χ1) is 10.6. The summed E-state index contributed by atoms with van der Waals surface area (Å²) in [6.07, 6.45) is 0. The largest absolute Gasteiger partial charge is 0.488 e. The third-order valence-electron chi connectivity index (χ3n) is 3.44. The van der Waals surface area contributed by atoms with Gasteiger partial charge in [-0.3, -0.25) is 0 Å². The summed E-state index contributed by atoms with van der Waals surface area (Å²) in [6, 6.07) is 20.0. The average Bonchev–Trinajstić information content (AvgIpc) is 2.53. The Morgan fingerprint density at radius 1 is 1.00 bits per heavy atom. The molecule has 3 aromatic rings. The fourth-order valence-electron chi connectivity index (χ4n) is 2.37. The number of nitrogens with two attached hydrogens (primary N) is 1. The fourth-order valence-corrected chi connectivity index (χ4v) is 2.84. The zero-order valence-electron chi connectivity index (χ0n) is 11.8. The minimum atomic E-state index is 0.350. The Morgan fingerprint density at radius 2 is 1.73 bits per heavy atom. The van der Waals surface area contributed by atoms with Crippen LogP contribution in [-0.2, 0) is 6.61 Å². The number of hydrogen-bond acceptors (Lipinski definition) is 2. The lowest BCUT2D eigenvalue weighted by Crippen LogP contribution is -2.12. The first kappa shape index (κ1) is 15.0. The fraction of sp³-hybridized carbons (Fsp3) is 0.0556. The van der Waals surface area contributed by atoms with Crippen molar-refractivity contribution in [1.29, 1.82) is 0 Å². The van der Waals surface area contributed by atoms with Crippen LogP contribution in [-0.4, -0.2) is 4.99 Å². The third-order valence-corrected chi connectivity index (χ3v) is 4.18. The van der Waals surface area contributed by atoms with Gasteiger partial charge in [0.05, 0.1) is 5.56 Å². The zero-order valence-corrected chi connectivity index (χ0v) is 14.2. The Morgan fingerprint density at radius 3 is 2.45 bits per heavy atom. The van der Waals surface area contributed by atoms with E-state index in [4.69, 9.17) is 22.7 Å². The van der Waals surface area contributed by atoms with Gasteiger partial charge in [-0.1, -0.05) is 70.6 Å². The summed E-state index contributed by atoms with van der Waals surface area (Å²) in [5.41, 5.74) is 7.80. The lowest BCUT2D eigenvalue weighted by Gasteiger charge is -2.13. The van der Waals surface area contributed by atoms with Crippen molar-refractivity contribution < 1.29 is 4.74 Å². The second kappa shape index (κ2) is 6.46. The number of halogens is 1. The van der Waals surface area contributed by atoms with E-state index in [1.165, 1.54) is 0 Å². The van der Waals surface area contributed by atoms with Gasteiger partial charge in [-0.2, -0.15) is 0 Å². The van der Waals surface area contributed by atoms with Gasteiger partial charge < -0.3 is 10.5 Å². The molecule has 2 nitrogen and oxygen atoms in total. The normalized spacial score (nSPS) is 10.6. The highest BCUT2D eigenvalue weighted by Crippen LogP contribution is 2.28. The van der Waals surface area contributed by atoms with Gasteiger partial charge in [-0.15, -0.1) is 0 Å². The van der Waals surface area contributed by atoms with Crippen LogP contribution < -0.4 is 10.5 Å². The Balaban J connectivity index is 1.94. The highest BCUT2D eigenvalue weighted by Gasteiger charge is 2.11. The van der Waals surface area contributed by atoms with Crippen molar-refractivity contribution in [2.75, 3.05) is 0 Å². The van der Waals surface area contributed by atoms with Crippen LogP contribution in [0.5, 0.6) is 5.75 Å². The summed E-state index contributed by atoms with van der Waals surface area (Å²) >= 11 is 8.64. The molecule has 0 saturated heterocycles. The van der Waals surface area contributed by atoms with E-state index in [0.717, 1.165) is 26.4 Å². The van der Waals surface area contributed by atoms with Gasteiger partial charge in [0, 0.05) is 4.47 Å². The van der Waals surface area contributed by atoms with Crippen molar-refractivity contribution in [2.45, 2.75) is 6.61 Å². The molecule has 3 rings (SSSR count). The van der Waals surface area contributed by atoms with Crippen LogP contribution in [0.4, 0.5) is 0 Å². The van der Waals surface area contributed by atoms with E-state index < -0.39 is 0 Å². The highest BCUT2D eigenvalue weighted by molar-refractivity contribution is 9.10. The number of benzene rings is 3. The maximum atomic E-state index is 5.95. The molecule has 0 amide bonds. The molecule has 0 aliphatic rings. The molecule has 0 aliphatic heterocycles. The summed E-state index contributed by atoms with van der Waals surface area (Å²) in [6.45, 7) is 0.473. The molecule has 0 saturated carbocycles. The van der Waals surface area contributed by atoms with Crippen molar-refractivity contribution >= 4 is 43.9 Å². The highest BCUT2D eigenvalue weighted by atomic mass is 79.9. The van der Waals surface area contributed by atoms with Crippen molar-refractivity contribution in [2.24, 2.45) is 5.73 Å². The van der Waals surface area contributed by atoms with Gasteiger partial charge in [0.15, 0.2) is 0 Å². The monoisotopic (exact) mass is 371 g/mol. The molecule has 4 heteroatoms. The average molecular weight is 372 g/mol. The molecule has 3 aromatic carbocycles. The molecule has 0 spiro atoms. The van der Waals surface area contributed by atoms with E-state index in [1.807, 2.05) is 60.7 Å². The van der Waals surface area contributed by atoms with Gasteiger partial charge in [-0.25, -0.2) is 0 Å². The minimum absolute atomic E-state index is 0.350. The quantitative estimate of drug-likeness (QED) is 0.668. The molecule has 0 fully saturated rings. The third kappa shape index (κ3) is 3.13. The van der Waals surface area contributed by atoms with Crippen molar-refractivity contribution in [1.82, 2.24) is 0 Å². The number of rotatable bonds is 4. The molecule has 0 heterocycles. The molecule has 2 N–H and O–H groups in total. The van der Waals surface area contributed by atoms with Crippen LogP contribution in [0.2, 0.25) is 0 Å². The van der Waals surface area contributed by atoms with Crippen LogP contribution in [0.3, 0.4) is 0 Å². The van der Waals surface area contributed by atoms with Gasteiger partial charge in [0.2, 0.25) is 0 Å². The molecule has 110 valence electrons. The predicted octanol–water partition coefficient (Wildman–Crippen LogP) is 4.82. The van der Waals surface area contributed by atoms with Crippen LogP contribution in [0.1, 0.15) is 11.1 Å². The topological polar surface area (TPSA) is 35.2 Å². The van der Waals surface area contributed by atoms with Crippen molar-refractivity contribution in [3.8, 4) is 5.75 Å². The minimum Gasteiger partial charge on any atom is -0.488 e. The Kier molecular flexibility index (Phi) is 4.41. The molecular weight excluding hydrogens is 358 g/mol. The first-order valence-corrected chi connectivity index (χ1v) is 8.04. The van der Waals surface area contributed by atoms with Crippen molar-refractivity contribution in [3.63, 3.8) is 0 Å². The molecule has 0 aliphatic carbocycles. The second-order valence-electron chi connectivity index (χ2n) is 4.94. The molecule has 0 aromatic heterocycles. The summed E-state index contributed by atoms with van der Waals surface area (Å²) in [5, 5.41) is 2.12. The number of ether oxygens (including phenoxy) is 1.